The van der Waals surface area contributed by atoms with Crippen molar-refractivity contribution in [1.29, 1.82) is 0 Å². The molecule has 0 bridgehead atoms. The van der Waals surface area contributed by atoms with Crippen LogP contribution in [-0.4, -0.2) is 0 Å². The number of hydrogen-bond acceptors (Lipinski definition) is 0. The third-order valence-electron chi connectivity index (χ3n) is 1.73. The predicted molar refractivity (Wildman–Crippen MR) is 62.9 cm³/mol. The van der Waals surface area contributed by atoms with E-state index in [1.807, 2.05) is 30.3 Å². The zero-order valence-electron chi connectivity index (χ0n) is 9.09. The van der Waals surface area contributed by atoms with Crippen molar-refractivity contribution in [2.24, 2.45) is 5.41 Å². The summed E-state index contributed by atoms with van der Waals surface area (Å²) in [5.41, 5.74) is 2.26. The minimum absolute atomic E-state index is 0.0666. The Morgan fingerprint density at radius 1 is 1.14 bits per heavy atom. The fourth-order valence-corrected chi connectivity index (χ4v) is 0.962. The van der Waals surface area contributed by atoms with Crippen LogP contribution in [0.1, 0.15) is 31.9 Å². The summed E-state index contributed by atoms with van der Waals surface area (Å²) in [5.74, 6) is 6.35. The lowest BCUT2D eigenvalue weighted by molar-refractivity contribution is 0.571. The number of benzene rings is 1. The SMILES string of the molecule is C=Cc1ccc(C#CC(C)(C)C)cc1. The highest BCUT2D eigenvalue weighted by Gasteiger charge is 2.02. The first-order valence-corrected chi connectivity index (χ1v) is 4.77. The molecule has 1 aromatic carbocycles. The Balaban J connectivity index is 2.87. The van der Waals surface area contributed by atoms with Crippen molar-refractivity contribution in [3.05, 3.63) is 42.0 Å². The summed E-state index contributed by atoms with van der Waals surface area (Å²) in [7, 11) is 0. The molecule has 0 aliphatic carbocycles. The van der Waals surface area contributed by atoms with Gasteiger partial charge in [0.1, 0.15) is 0 Å². The average Bonchev–Trinajstić information content (AvgIpc) is 2.14. The van der Waals surface area contributed by atoms with Crippen LogP contribution < -0.4 is 0 Å². The van der Waals surface area contributed by atoms with Gasteiger partial charge in [-0.1, -0.05) is 36.6 Å². The first-order chi connectivity index (χ1) is 6.51. The molecule has 0 N–H and O–H groups in total. The van der Waals surface area contributed by atoms with Gasteiger partial charge >= 0.3 is 0 Å². The van der Waals surface area contributed by atoms with Gasteiger partial charge in [-0.2, -0.15) is 0 Å². The van der Waals surface area contributed by atoms with Crippen molar-refractivity contribution in [2.75, 3.05) is 0 Å². The van der Waals surface area contributed by atoms with Gasteiger partial charge in [0.25, 0.3) is 0 Å². The van der Waals surface area contributed by atoms with Crippen LogP contribution in [0.15, 0.2) is 30.8 Å². The molecule has 1 rings (SSSR count). The normalized spacial score (nSPS) is 10.2. The maximum atomic E-state index is 3.71. The Morgan fingerprint density at radius 2 is 1.71 bits per heavy atom. The van der Waals surface area contributed by atoms with Gasteiger partial charge in [-0.25, -0.2) is 0 Å². The maximum absolute atomic E-state index is 3.71. The summed E-state index contributed by atoms with van der Waals surface area (Å²) in [5, 5.41) is 0. The third kappa shape index (κ3) is 3.49. The summed E-state index contributed by atoms with van der Waals surface area (Å²) in [4.78, 5) is 0. The van der Waals surface area contributed by atoms with E-state index in [-0.39, 0.29) is 5.41 Å². The van der Waals surface area contributed by atoms with Crippen LogP contribution in [0.5, 0.6) is 0 Å². The van der Waals surface area contributed by atoms with E-state index in [2.05, 4.69) is 39.2 Å². The number of hydrogen-bond donors (Lipinski definition) is 0. The van der Waals surface area contributed by atoms with Crippen molar-refractivity contribution >= 4 is 6.08 Å². The summed E-state index contributed by atoms with van der Waals surface area (Å²) >= 11 is 0. The molecule has 14 heavy (non-hydrogen) atoms. The van der Waals surface area contributed by atoms with Gasteiger partial charge in [-0.3, -0.25) is 0 Å². The quantitative estimate of drug-likeness (QED) is 0.583. The lowest BCUT2D eigenvalue weighted by Gasteiger charge is -2.06. The van der Waals surface area contributed by atoms with Crippen molar-refractivity contribution < 1.29 is 0 Å². The summed E-state index contributed by atoms with van der Waals surface area (Å²) in [6.07, 6.45) is 1.83. The first kappa shape index (κ1) is 10.6. The Hall–Kier alpha value is -1.48. The van der Waals surface area contributed by atoms with Crippen molar-refractivity contribution in [2.45, 2.75) is 20.8 Å². The molecule has 0 aromatic heterocycles. The van der Waals surface area contributed by atoms with Crippen LogP contribution in [0.2, 0.25) is 0 Å². The second-order valence-electron chi connectivity index (χ2n) is 4.33. The Kier molecular flexibility index (Phi) is 3.14. The highest BCUT2D eigenvalue weighted by molar-refractivity contribution is 5.49. The van der Waals surface area contributed by atoms with E-state index in [1.165, 1.54) is 0 Å². The molecular formula is C14H16. The molecule has 0 unspecified atom stereocenters. The smallest absolute Gasteiger partial charge is 0.0245 e. The van der Waals surface area contributed by atoms with Crippen LogP contribution in [0.4, 0.5) is 0 Å². The molecule has 0 saturated carbocycles. The van der Waals surface area contributed by atoms with Gasteiger partial charge < -0.3 is 0 Å². The fraction of sp³-hybridized carbons (Fsp3) is 0.286. The summed E-state index contributed by atoms with van der Waals surface area (Å²) in [6, 6.07) is 8.10. The third-order valence-corrected chi connectivity index (χ3v) is 1.73. The van der Waals surface area contributed by atoms with E-state index in [9.17, 15) is 0 Å². The largest absolute Gasteiger partial charge is 0.0985 e. The Morgan fingerprint density at radius 3 is 2.14 bits per heavy atom. The van der Waals surface area contributed by atoms with E-state index in [4.69, 9.17) is 0 Å². The average molecular weight is 184 g/mol. The lowest BCUT2D eigenvalue weighted by Crippen LogP contribution is -1.99. The Bertz CT molecular complexity index is 363. The van der Waals surface area contributed by atoms with Gasteiger partial charge in [0, 0.05) is 11.0 Å². The van der Waals surface area contributed by atoms with Gasteiger partial charge in [0.15, 0.2) is 0 Å². The van der Waals surface area contributed by atoms with E-state index in [0.29, 0.717) is 0 Å². The fourth-order valence-electron chi connectivity index (χ4n) is 0.962. The topological polar surface area (TPSA) is 0 Å². The van der Waals surface area contributed by atoms with Gasteiger partial charge in [-0.15, -0.1) is 0 Å². The second kappa shape index (κ2) is 4.15. The van der Waals surface area contributed by atoms with E-state index in [0.717, 1.165) is 11.1 Å². The van der Waals surface area contributed by atoms with Crippen LogP contribution in [0.3, 0.4) is 0 Å². The maximum Gasteiger partial charge on any atom is 0.0245 e. The molecule has 72 valence electrons. The number of rotatable bonds is 1. The van der Waals surface area contributed by atoms with Crippen LogP contribution >= 0.6 is 0 Å². The van der Waals surface area contributed by atoms with E-state index in [1.54, 1.807) is 0 Å². The minimum Gasteiger partial charge on any atom is -0.0985 e. The zero-order chi connectivity index (χ0) is 10.6. The molecule has 0 spiro atoms. The summed E-state index contributed by atoms with van der Waals surface area (Å²) in [6.45, 7) is 10.0. The predicted octanol–water partition coefficient (Wildman–Crippen LogP) is 3.73. The molecular weight excluding hydrogens is 168 g/mol. The van der Waals surface area contributed by atoms with Crippen LogP contribution in [0.25, 0.3) is 6.08 Å². The molecule has 0 amide bonds. The molecule has 0 nitrogen and oxygen atoms in total. The molecule has 0 radical (unpaired) electrons. The first-order valence-electron chi connectivity index (χ1n) is 4.77. The highest BCUT2D eigenvalue weighted by atomic mass is 14.1. The van der Waals surface area contributed by atoms with Crippen LogP contribution in [-0.2, 0) is 0 Å². The Labute approximate surface area is 86.7 Å². The summed E-state index contributed by atoms with van der Waals surface area (Å²) < 4.78 is 0. The van der Waals surface area contributed by atoms with E-state index < -0.39 is 0 Å². The molecule has 0 fully saturated rings. The van der Waals surface area contributed by atoms with Crippen molar-refractivity contribution in [3.63, 3.8) is 0 Å². The highest BCUT2D eigenvalue weighted by Crippen LogP contribution is 2.11. The van der Waals surface area contributed by atoms with E-state index >= 15 is 0 Å². The van der Waals surface area contributed by atoms with Gasteiger partial charge in [0.2, 0.25) is 0 Å². The second-order valence-corrected chi connectivity index (χ2v) is 4.33. The molecule has 0 atom stereocenters. The van der Waals surface area contributed by atoms with Crippen molar-refractivity contribution in [1.82, 2.24) is 0 Å². The van der Waals surface area contributed by atoms with Crippen LogP contribution in [0, 0.1) is 17.3 Å². The molecule has 0 aliphatic rings. The minimum atomic E-state index is 0.0666. The lowest BCUT2D eigenvalue weighted by atomic mass is 9.97. The van der Waals surface area contributed by atoms with Gasteiger partial charge in [0.05, 0.1) is 0 Å². The molecule has 1 aromatic rings. The molecule has 0 saturated heterocycles. The standard InChI is InChI=1S/C14H16/c1-5-12-6-8-13(9-7-12)10-11-14(2,3)4/h5-9H,1H2,2-4H3. The van der Waals surface area contributed by atoms with Crippen molar-refractivity contribution in [3.8, 4) is 11.8 Å². The molecule has 0 heteroatoms. The van der Waals surface area contributed by atoms with Gasteiger partial charge in [-0.05, 0) is 38.5 Å². The monoisotopic (exact) mass is 184 g/mol. The molecule has 0 aliphatic heterocycles. The molecule has 0 heterocycles. The zero-order valence-corrected chi connectivity index (χ0v) is 9.09.